The van der Waals surface area contributed by atoms with Gasteiger partial charge in [-0.25, -0.2) is 13.1 Å². The highest BCUT2D eigenvalue weighted by atomic mass is 32.2. The minimum Gasteiger partial charge on any atom is -0.363 e. The van der Waals surface area contributed by atoms with Crippen LogP contribution in [0, 0.1) is 0 Å². The van der Waals surface area contributed by atoms with Gasteiger partial charge in [0.1, 0.15) is 0 Å². The Labute approximate surface area is 118 Å². The van der Waals surface area contributed by atoms with Gasteiger partial charge in [0, 0.05) is 24.5 Å². The molecule has 0 spiro atoms. The smallest absolute Gasteiger partial charge is 0.242 e. The molecule has 1 aromatic carbocycles. The Balaban J connectivity index is 1.75. The Morgan fingerprint density at radius 2 is 1.90 bits per heavy atom. The summed E-state index contributed by atoms with van der Waals surface area (Å²) in [4.78, 5) is 3.10. The number of hydrogen-bond acceptors (Lipinski definition) is 3. The van der Waals surface area contributed by atoms with Gasteiger partial charge in [-0.1, -0.05) is 24.3 Å². The van der Waals surface area contributed by atoms with Crippen molar-refractivity contribution in [1.82, 2.24) is 9.71 Å². The van der Waals surface area contributed by atoms with E-state index in [2.05, 4.69) is 9.71 Å². The Morgan fingerprint density at radius 1 is 1.25 bits per heavy atom. The Bertz CT molecular complexity index is 697. The third-order valence-electron chi connectivity index (χ3n) is 3.62. The summed E-state index contributed by atoms with van der Waals surface area (Å²) in [5.74, 6) is 0. The number of fused-ring (bicyclic) bond motifs is 1. The normalized spacial score (nSPS) is 15.4. The lowest BCUT2D eigenvalue weighted by Crippen LogP contribution is -2.35. The van der Waals surface area contributed by atoms with Gasteiger partial charge in [-0.15, -0.1) is 0 Å². The zero-order chi connectivity index (χ0) is 14.2. The highest BCUT2D eigenvalue weighted by Gasteiger charge is 2.26. The van der Waals surface area contributed by atoms with Crippen LogP contribution in [0.1, 0.15) is 16.8 Å². The number of aromatic nitrogens is 1. The minimum atomic E-state index is -3.49. The minimum absolute atomic E-state index is 0.0753. The maximum absolute atomic E-state index is 12.3. The van der Waals surface area contributed by atoms with Gasteiger partial charge in [-0.05, 0) is 30.0 Å². The largest absolute Gasteiger partial charge is 0.363 e. The second kappa shape index (κ2) is 5.05. The summed E-state index contributed by atoms with van der Waals surface area (Å²) in [5, 5.41) is 0. The first kappa shape index (κ1) is 13.4. The van der Waals surface area contributed by atoms with E-state index in [1.165, 1.54) is 17.3 Å². The number of nitrogens with two attached hydrogens (primary N) is 1. The molecular weight excluding hydrogens is 274 g/mol. The van der Waals surface area contributed by atoms with E-state index < -0.39 is 10.0 Å². The highest BCUT2D eigenvalue weighted by Crippen LogP contribution is 2.23. The van der Waals surface area contributed by atoms with Crippen LogP contribution in [0.15, 0.2) is 41.4 Å². The molecule has 0 atom stereocenters. The molecule has 1 heterocycles. The lowest BCUT2D eigenvalue weighted by atomic mass is 10.1. The summed E-state index contributed by atoms with van der Waals surface area (Å²) < 4.78 is 27.4. The second-order valence-corrected chi connectivity index (χ2v) is 6.77. The lowest BCUT2D eigenvalue weighted by molar-refractivity contribution is 0.556. The van der Waals surface area contributed by atoms with Crippen LogP contribution in [0.25, 0.3) is 0 Å². The van der Waals surface area contributed by atoms with E-state index in [0.717, 1.165) is 12.8 Å². The molecular formula is C14H17N3O2S. The third-order valence-corrected chi connectivity index (χ3v) is 5.12. The summed E-state index contributed by atoms with van der Waals surface area (Å²) in [6, 6.07) is 9.56. The molecule has 2 aromatic rings. The summed E-state index contributed by atoms with van der Waals surface area (Å²) in [6.07, 6.45) is 2.96. The van der Waals surface area contributed by atoms with Crippen LogP contribution in [0.3, 0.4) is 0 Å². The van der Waals surface area contributed by atoms with E-state index in [1.807, 2.05) is 24.3 Å². The van der Waals surface area contributed by atoms with E-state index >= 15 is 0 Å². The van der Waals surface area contributed by atoms with Crippen molar-refractivity contribution >= 4 is 10.0 Å². The molecule has 1 aliphatic carbocycles. The van der Waals surface area contributed by atoms with Gasteiger partial charge in [0.25, 0.3) is 0 Å². The Kier molecular flexibility index (Phi) is 3.37. The van der Waals surface area contributed by atoms with Gasteiger partial charge < -0.3 is 10.7 Å². The summed E-state index contributed by atoms with van der Waals surface area (Å²) in [6.45, 7) is 0.296. The molecule has 1 aliphatic rings. The van der Waals surface area contributed by atoms with Crippen LogP contribution in [-0.4, -0.2) is 19.4 Å². The van der Waals surface area contributed by atoms with Crippen molar-refractivity contribution in [3.05, 3.63) is 53.3 Å². The monoisotopic (exact) mass is 291 g/mol. The molecule has 20 heavy (non-hydrogen) atoms. The Morgan fingerprint density at radius 3 is 2.45 bits per heavy atom. The summed E-state index contributed by atoms with van der Waals surface area (Å²) in [5.41, 5.74) is 8.63. The molecule has 106 valence electrons. The lowest BCUT2D eigenvalue weighted by Gasteiger charge is -2.11. The van der Waals surface area contributed by atoms with Crippen molar-refractivity contribution in [2.24, 2.45) is 5.73 Å². The van der Waals surface area contributed by atoms with Gasteiger partial charge in [0.15, 0.2) is 0 Å². The molecule has 0 saturated heterocycles. The van der Waals surface area contributed by atoms with Crippen molar-refractivity contribution in [3.8, 4) is 0 Å². The molecule has 0 bridgehead atoms. The van der Waals surface area contributed by atoms with Crippen LogP contribution in [0.4, 0.5) is 0 Å². The molecule has 1 aromatic heterocycles. The molecule has 0 unspecified atom stereocenters. The fourth-order valence-electron chi connectivity index (χ4n) is 2.62. The number of H-pyrrole nitrogens is 1. The summed E-state index contributed by atoms with van der Waals surface area (Å²) in [7, 11) is -3.49. The van der Waals surface area contributed by atoms with Gasteiger partial charge >= 0.3 is 0 Å². The average Bonchev–Trinajstić information content (AvgIpc) is 3.04. The van der Waals surface area contributed by atoms with Crippen LogP contribution >= 0.6 is 0 Å². The van der Waals surface area contributed by atoms with Crippen molar-refractivity contribution in [1.29, 1.82) is 0 Å². The molecule has 5 nitrogen and oxygen atoms in total. The quantitative estimate of drug-likeness (QED) is 0.782. The zero-order valence-corrected chi connectivity index (χ0v) is 11.8. The maximum atomic E-state index is 12.3. The second-order valence-electron chi connectivity index (χ2n) is 5.06. The van der Waals surface area contributed by atoms with Crippen LogP contribution < -0.4 is 10.5 Å². The molecule has 3 rings (SSSR count). The number of nitrogens with one attached hydrogen (secondary N) is 2. The van der Waals surface area contributed by atoms with Gasteiger partial charge in [-0.2, -0.15) is 0 Å². The highest BCUT2D eigenvalue weighted by molar-refractivity contribution is 7.89. The van der Waals surface area contributed by atoms with Crippen LogP contribution in [-0.2, 0) is 29.4 Å². The van der Waals surface area contributed by atoms with Crippen LogP contribution in [0.5, 0.6) is 0 Å². The molecule has 0 radical (unpaired) electrons. The predicted molar refractivity (Wildman–Crippen MR) is 76.6 cm³/mol. The van der Waals surface area contributed by atoms with Crippen molar-refractivity contribution < 1.29 is 8.42 Å². The molecule has 0 fully saturated rings. The summed E-state index contributed by atoms with van der Waals surface area (Å²) >= 11 is 0. The molecule has 0 amide bonds. The average molecular weight is 291 g/mol. The predicted octanol–water partition coefficient (Wildman–Crippen LogP) is 0.919. The fourth-order valence-corrected chi connectivity index (χ4v) is 3.87. The SMILES string of the molecule is NCc1cc(S(=O)(=O)NC2Cc3ccccc3C2)c[nH]1. The van der Waals surface area contributed by atoms with Crippen molar-refractivity contribution in [3.63, 3.8) is 0 Å². The Hall–Kier alpha value is -1.63. The molecule has 6 heteroatoms. The fraction of sp³-hybridized carbons (Fsp3) is 0.286. The maximum Gasteiger partial charge on any atom is 0.242 e. The first-order chi connectivity index (χ1) is 9.58. The number of hydrogen-bond donors (Lipinski definition) is 3. The standard InChI is InChI=1S/C14H17N3O2S/c15-8-13-7-14(9-16-13)20(18,19)17-12-5-10-3-1-2-4-11(10)6-12/h1-4,7,9,12,16-17H,5-6,8,15H2. The van der Waals surface area contributed by atoms with E-state index in [0.29, 0.717) is 12.2 Å². The number of benzene rings is 1. The van der Waals surface area contributed by atoms with E-state index in [-0.39, 0.29) is 10.9 Å². The van der Waals surface area contributed by atoms with Crippen molar-refractivity contribution in [2.45, 2.75) is 30.3 Å². The zero-order valence-electron chi connectivity index (χ0n) is 11.0. The topological polar surface area (TPSA) is 88.0 Å². The van der Waals surface area contributed by atoms with E-state index in [9.17, 15) is 8.42 Å². The van der Waals surface area contributed by atoms with Gasteiger partial charge in [0.05, 0.1) is 4.90 Å². The number of rotatable bonds is 4. The number of aromatic amines is 1. The molecule has 4 N–H and O–H groups in total. The first-order valence-corrected chi connectivity index (χ1v) is 8.03. The van der Waals surface area contributed by atoms with Gasteiger partial charge in [-0.3, -0.25) is 0 Å². The van der Waals surface area contributed by atoms with Crippen molar-refractivity contribution in [2.75, 3.05) is 0 Å². The van der Waals surface area contributed by atoms with Crippen LogP contribution in [0.2, 0.25) is 0 Å². The molecule has 0 saturated carbocycles. The van der Waals surface area contributed by atoms with E-state index in [4.69, 9.17) is 5.73 Å². The first-order valence-electron chi connectivity index (χ1n) is 6.55. The third kappa shape index (κ3) is 2.49. The van der Waals surface area contributed by atoms with E-state index in [1.54, 1.807) is 6.07 Å². The number of sulfonamides is 1. The molecule has 0 aliphatic heterocycles. The van der Waals surface area contributed by atoms with Gasteiger partial charge in [0.2, 0.25) is 10.0 Å².